The number of carboxylic acid groups (broad SMARTS) is 1. The molecule has 0 bridgehead atoms. The number of aliphatic hydroxyl groups is 2. The van der Waals surface area contributed by atoms with E-state index in [0.717, 1.165) is 6.07 Å². The summed E-state index contributed by atoms with van der Waals surface area (Å²) in [7, 11) is 0. The molecule has 1 aromatic carbocycles. The van der Waals surface area contributed by atoms with Crippen LogP contribution in [0.25, 0.3) is 0 Å². The maximum absolute atomic E-state index is 13.6. The highest BCUT2D eigenvalue weighted by Gasteiger charge is 2.18. The molecule has 0 aliphatic heterocycles. The van der Waals surface area contributed by atoms with Crippen molar-refractivity contribution in [2.75, 3.05) is 6.54 Å². The van der Waals surface area contributed by atoms with Gasteiger partial charge in [-0.1, -0.05) is 12.1 Å². The Morgan fingerprint density at radius 1 is 1.39 bits per heavy atom. The second-order valence-electron chi connectivity index (χ2n) is 3.99. The SMILES string of the molecule is NCC(O)C(O)c1ccc(CCC(=O)O)c(F)c1. The van der Waals surface area contributed by atoms with Gasteiger partial charge in [-0.15, -0.1) is 0 Å². The van der Waals surface area contributed by atoms with Crippen LogP contribution in [0.3, 0.4) is 0 Å². The third-order valence-corrected chi connectivity index (χ3v) is 2.63. The van der Waals surface area contributed by atoms with Gasteiger partial charge in [-0.2, -0.15) is 0 Å². The number of nitrogens with two attached hydrogens (primary N) is 1. The summed E-state index contributed by atoms with van der Waals surface area (Å²) in [5.41, 5.74) is 5.66. The lowest BCUT2D eigenvalue weighted by atomic mass is 10.0. The van der Waals surface area contributed by atoms with E-state index in [1.54, 1.807) is 0 Å². The maximum atomic E-state index is 13.6. The zero-order chi connectivity index (χ0) is 13.7. The molecule has 0 aliphatic rings. The maximum Gasteiger partial charge on any atom is 0.303 e. The van der Waals surface area contributed by atoms with Crippen LogP contribution in [-0.2, 0) is 11.2 Å². The molecule has 0 saturated heterocycles. The highest BCUT2D eigenvalue weighted by atomic mass is 19.1. The lowest BCUT2D eigenvalue weighted by Gasteiger charge is -2.17. The largest absolute Gasteiger partial charge is 0.481 e. The van der Waals surface area contributed by atoms with E-state index < -0.39 is 24.0 Å². The highest BCUT2D eigenvalue weighted by molar-refractivity contribution is 5.67. The van der Waals surface area contributed by atoms with Gasteiger partial charge in [0.25, 0.3) is 0 Å². The molecule has 5 N–H and O–H groups in total. The molecule has 0 heterocycles. The molecule has 0 saturated carbocycles. The summed E-state index contributed by atoms with van der Waals surface area (Å²) in [5.74, 6) is -1.60. The second kappa shape index (κ2) is 6.44. The summed E-state index contributed by atoms with van der Waals surface area (Å²) >= 11 is 0. The molecule has 0 radical (unpaired) electrons. The van der Waals surface area contributed by atoms with Crippen molar-refractivity contribution >= 4 is 5.97 Å². The predicted molar refractivity (Wildman–Crippen MR) is 62.4 cm³/mol. The number of aryl methyl sites for hydroxylation is 1. The Bertz CT molecular complexity index is 425. The Morgan fingerprint density at radius 2 is 2.06 bits per heavy atom. The van der Waals surface area contributed by atoms with Crippen molar-refractivity contribution in [3.63, 3.8) is 0 Å². The Hall–Kier alpha value is -1.50. The van der Waals surface area contributed by atoms with Crippen LogP contribution in [0.1, 0.15) is 23.7 Å². The van der Waals surface area contributed by atoms with Crippen molar-refractivity contribution in [2.24, 2.45) is 5.73 Å². The van der Waals surface area contributed by atoms with Crippen LogP contribution in [0.2, 0.25) is 0 Å². The van der Waals surface area contributed by atoms with Gasteiger partial charge in [0.15, 0.2) is 0 Å². The highest BCUT2D eigenvalue weighted by Crippen LogP contribution is 2.20. The Kier molecular flexibility index (Phi) is 5.21. The fraction of sp³-hybridized carbons (Fsp3) is 0.417. The van der Waals surface area contributed by atoms with Gasteiger partial charge in [0.1, 0.15) is 11.9 Å². The standard InChI is InChI=1S/C12H16FNO4/c13-9-5-8(12(18)10(15)6-14)2-1-7(9)3-4-11(16)17/h1-2,5,10,12,15,18H,3-4,6,14H2,(H,16,17). The minimum Gasteiger partial charge on any atom is -0.481 e. The molecule has 0 amide bonds. The van der Waals surface area contributed by atoms with E-state index in [1.165, 1.54) is 12.1 Å². The predicted octanol–water partition coefficient (Wildman–Crippen LogP) is 0.196. The average Bonchev–Trinajstić information content (AvgIpc) is 2.35. The Labute approximate surface area is 104 Å². The minimum atomic E-state index is -1.25. The number of hydrogen-bond acceptors (Lipinski definition) is 4. The lowest BCUT2D eigenvalue weighted by molar-refractivity contribution is -0.136. The number of halogens is 1. The van der Waals surface area contributed by atoms with Crippen LogP contribution in [0.5, 0.6) is 0 Å². The number of aliphatic carboxylic acids is 1. The first-order valence-corrected chi connectivity index (χ1v) is 5.52. The van der Waals surface area contributed by atoms with Crippen molar-refractivity contribution in [2.45, 2.75) is 25.0 Å². The number of hydrogen-bond donors (Lipinski definition) is 4. The summed E-state index contributed by atoms with van der Waals surface area (Å²) in [6.07, 6.45) is -2.49. The van der Waals surface area contributed by atoms with Gasteiger partial charge in [0.2, 0.25) is 0 Å². The number of benzene rings is 1. The summed E-state index contributed by atoms with van der Waals surface area (Å²) < 4.78 is 13.6. The molecule has 0 aromatic heterocycles. The molecular formula is C12H16FNO4. The summed E-state index contributed by atoms with van der Waals surface area (Å²) in [6, 6.07) is 3.94. The van der Waals surface area contributed by atoms with Gasteiger partial charge in [-0.05, 0) is 23.6 Å². The van der Waals surface area contributed by atoms with Gasteiger partial charge in [0, 0.05) is 13.0 Å². The number of carboxylic acids is 1. The Morgan fingerprint density at radius 3 is 2.56 bits per heavy atom. The van der Waals surface area contributed by atoms with Gasteiger partial charge >= 0.3 is 5.97 Å². The van der Waals surface area contributed by atoms with Gasteiger partial charge in [0.05, 0.1) is 6.10 Å². The number of carbonyl (C=O) groups is 1. The van der Waals surface area contributed by atoms with Crippen LogP contribution in [0, 0.1) is 5.82 Å². The van der Waals surface area contributed by atoms with Crippen molar-refractivity contribution in [1.82, 2.24) is 0 Å². The van der Waals surface area contributed by atoms with E-state index in [9.17, 15) is 19.4 Å². The smallest absolute Gasteiger partial charge is 0.303 e. The fourth-order valence-corrected chi connectivity index (χ4v) is 1.54. The fourth-order valence-electron chi connectivity index (χ4n) is 1.54. The molecule has 0 aliphatic carbocycles. The Balaban J connectivity index is 2.81. The first-order chi connectivity index (χ1) is 8.45. The van der Waals surface area contributed by atoms with Crippen LogP contribution >= 0.6 is 0 Å². The lowest BCUT2D eigenvalue weighted by Crippen LogP contribution is -2.27. The number of aliphatic hydroxyl groups excluding tert-OH is 2. The molecule has 0 fully saturated rings. The van der Waals surface area contributed by atoms with Gasteiger partial charge < -0.3 is 21.1 Å². The van der Waals surface area contributed by atoms with E-state index in [2.05, 4.69) is 0 Å². The summed E-state index contributed by atoms with van der Waals surface area (Å²) in [5, 5.41) is 27.5. The van der Waals surface area contributed by atoms with Crippen molar-refractivity contribution < 1.29 is 24.5 Å². The van der Waals surface area contributed by atoms with E-state index in [0.29, 0.717) is 0 Å². The van der Waals surface area contributed by atoms with E-state index in [-0.39, 0.29) is 30.5 Å². The molecule has 2 atom stereocenters. The molecule has 6 heteroatoms. The third-order valence-electron chi connectivity index (χ3n) is 2.63. The topological polar surface area (TPSA) is 104 Å². The van der Waals surface area contributed by atoms with Crippen LogP contribution in [0.15, 0.2) is 18.2 Å². The van der Waals surface area contributed by atoms with Crippen molar-refractivity contribution in [3.05, 3.63) is 35.1 Å². The molecule has 100 valence electrons. The first-order valence-electron chi connectivity index (χ1n) is 5.52. The average molecular weight is 257 g/mol. The molecule has 1 rings (SSSR count). The van der Waals surface area contributed by atoms with E-state index >= 15 is 0 Å². The van der Waals surface area contributed by atoms with Gasteiger partial charge in [-0.3, -0.25) is 4.79 Å². The van der Waals surface area contributed by atoms with Crippen LogP contribution < -0.4 is 5.73 Å². The third kappa shape index (κ3) is 3.76. The number of rotatable bonds is 6. The zero-order valence-corrected chi connectivity index (χ0v) is 9.71. The molecular weight excluding hydrogens is 241 g/mol. The second-order valence-corrected chi connectivity index (χ2v) is 3.99. The molecule has 1 aromatic rings. The van der Waals surface area contributed by atoms with Crippen LogP contribution in [-0.4, -0.2) is 33.9 Å². The van der Waals surface area contributed by atoms with E-state index in [1.807, 2.05) is 0 Å². The van der Waals surface area contributed by atoms with E-state index in [4.69, 9.17) is 10.8 Å². The van der Waals surface area contributed by atoms with Gasteiger partial charge in [-0.25, -0.2) is 4.39 Å². The zero-order valence-electron chi connectivity index (χ0n) is 9.71. The molecule has 0 spiro atoms. The molecule has 18 heavy (non-hydrogen) atoms. The molecule has 2 unspecified atom stereocenters. The van der Waals surface area contributed by atoms with Crippen molar-refractivity contribution in [1.29, 1.82) is 0 Å². The first kappa shape index (κ1) is 14.6. The normalized spacial score (nSPS) is 14.2. The van der Waals surface area contributed by atoms with Crippen LogP contribution in [0.4, 0.5) is 4.39 Å². The minimum absolute atomic E-state index is 0.0803. The van der Waals surface area contributed by atoms with Crippen molar-refractivity contribution in [3.8, 4) is 0 Å². The quantitative estimate of drug-likeness (QED) is 0.582. The summed E-state index contributed by atoms with van der Waals surface area (Å²) in [6.45, 7) is -0.135. The summed E-state index contributed by atoms with van der Waals surface area (Å²) in [4.78, 5) is 10.4. The molecule has 5 nitrogen and oxygen atoms in total. The monoisotopic (exact) mass is 257 g/mol.